The molecule has 10 nitrogen and oxygen atoms in total. The van der Waals surface area contributed by atoms with Crippen LogP contribution < -0.4 is 0 Å². The molecule has 4 atom stereocenters. The second-order valence-corrected chi connectivity index (χ2v) is 7.67. The quantitative estimate of drug-likeness (QED) is 0.326. The largest absolute Gasteiger partial charge is 0.463 e. The molecule has 0 N–H and O–H groups in total. The van der Waals surface area contributed by atoms with Crippen LogP contribution in [0.1, 0.15) is 32.3 Å². The average Bonchev–Trinajstić information content (AvgIpc) is 3.16. The lowest BCUT2D eigenvalue weighted by Gasteiger charge is -2.32. The molecule has 0 spiro atoms. The highest BCUT2D eigenvalue weighted by Gasteiger charge is 2.39. The first kappa shape index (κ1) is 24.2. The van der Waals surface area contributed by atoms with Gasteiger partial charge >= 0.3 is 24.0 Å². The number of rotatable bonds is 8. The Kier molecular flexibility index (Phi) is 8.42. The van der Waals surface area contributed by atoms with Crippen LogP contribution in [0.4, 0.5) is 4.79 Å². The van der Waals surface area contributed by atoms with E-state index >= 15 is 0 Å². The number of esters is 3. The number of benzene rings is 1. The topological polar surface area (TPSA) is 118 Å². The SMILES string of the molecule is CC(=O)OC[C@H]1O[C@H](CC[C@H]2C(=O)OCN2C(=O)OCc2ccccc2)C=C[C@@H]1OC(C)=O. The number of nitrogens with zero attached hydrogens (tertiary/aromatic N) is 1. The molecule has 33 heavy (non-hydrogen) atoms. The van der Waals surface area contributed by atoms with Crippen molar-refractivity contribution >= 4 is 24.0 Å². The Bertz CT molecular complexity index is 885. The maximum atomic E-state index is 12.5. The van der Waals surface area contributed by atoms with E-state index < -0.39 is 48.4 Å². The lowest BCUT2D eigenvalue weighted by molar-refractivity contribution is -0.163. The summed E-state index contributed by atoms with van der Waals surface area (Å²) in [6, 6.07) is 8.40. The first-order chi connectivity index (χ1) is 15.8. The molecule has 1 aromatic carbocycles. The van der Waals surface area contributed by atoms with Gasteiger partial charge in [0, 0.05) is 13.8 Å². The van der Waals surface area contributed by atoms with Crippen molar-refractivity contribution in [3.8, 4) is 0 Å². The van der Waals surface area contributed by atoms with E-state index in [1.807, 2.05) is 30.3 Å². The molecule has 3 rings (SSSR count). The summed E-state index contributed by atoms with van der Waals surface area (Å²) in [5, 5.41) is 0. The van der Waals surface area contributed by atoms with Crippen molar-refractivity contribution in [1.82, 2.24) is 4.90 Å². The predicted molar refractivity (Wildman–Crippen MR) is 112 cm³/mol. The van der Waals surface area contributed by atoms with Gasteiger partial charge in [-0.3, -0.25) is 14.5 Å². The zero-order valence-corrected chi connectivity index (χ0v) is 18.5. The van der Waals surface area contributed by atoms with Crippen molar-refractivity contribution in [2.75, 3.05) is 13.3 Å². The Morgan fingerprint density at radius 2 is 1.79 bits per heavy atom. The zero-order chi connectivity index (χ0) is 23.8. The van der Waals surface area contributed by atoms with E-state index in [1.54, 1.807) is 12.2 Å². The van der Waals surface area contributed by atoms with Gasteiger partial charge in [0.1, 0.15) is 31.5 Å². The highest BCUT2D eigenvalue weighted by atomic mass is 16.6. The van der Waals surface area contributed by atoms with Gasteiger partial charge < -0.3 is 23.7 Å². The van der Waals surface area contributed by atoms with E-state index in [-0.39, 0.29) is 26.4 Å². The van der Waals surface area contributed by atoms with E-state index in [9.17, 15) is 19.2 Å². The third-order valence-corrected chi connectivity index (χ3v) is 5.14. The number of cyclic esters (lactones) is 1. The fourth-order valence-corrected chi connectivity index (χ4v) is 3.53. The molecule has 1 amide bonds. The van der Waals surface area contributed by atoms with E-state index in [1.165, 1.54) is 18.7 Å². The third kappa shape index (κ3) is 7.04. The molecule has 0 saturated carbocycles. The molecule has 0 radical (unpaired) electrons. The van der Waals surface area contributed by atoms with Crippen molar-refractivity contribution < 1.29 is 42.9 Å². The minimum absolute atomic E-state index is 0.0842. The van der Waals surface area contributed by atoms with Crippen LogP contribution in [0.5, 0.6) is 0 Å². The standard InChI is InChI=1S/C23H27NO9/c1-15(25)29-13-21-20(32-16(2)26)11-9-18(33-21)8-10-19-22(27)31-14-24(19)23(28)30-12-17-6-4-3-5-7-17/h3-7,9,11,18-21H,8,10,12-14H2,1-2H3/t18-,19+,20+,21-/m1/s1. The van der Waals surface area contributed by atoms with Gasteiger partial charge in [0.05, 0.1) is 6.10 Å². The minimum atomic E-state index is -0.802. The Morgan fingerprint density at radius 1 is 1.03 bits per heavy atom. The van der Waals surface area contributed by atoms with Crippen molar-refractivity contribution in [3.05, 3.63) is 48.0 Å². The Morgan fingerprint density at radius 3 is 2.48 bits per heavy atom. The lowest BCUT2D eigenvalue weighted by atomic mass is 10.0. The molecule has 178 valence electrons. The molecular weight excluding hydrogens is 434 g/mol. The summed E-state index contributed by atoms with van der Waals surface area (Å²) < 4.78 is 26.5. The van der Waals surface area contributed by atoms with Gasteiger partial charge in [0.15, 0.2) is 6.73 Å². The fourth-order valence-electron chi connectivity index (χ4n) is 3.53. The molecule has 1 aromatic rings. The molecule has 0 aliphatic carbocycles. The maximum absolute atomic E-state index is 12.5. The van der Waals surface area contributed by atoms with Gasteiger partial charge in [-0.05, 0) is 24.5 Å². The molecule has 2 aliphatic heterocycles. The smallest absolute Gasteiger partial charge is 0.413 e. The summed E-state index contributed by atoms with van der Waals surface area (Å²) in [6.07, 6.45) is 1.58. The third-order valence-electron chi connectivity index (χ3n) is 5.14. The molecule has 2 heterocycles. The van der Waals surface area contributed by atoms with Gasteiger partial charge in [0.25, 0.3) is 0 Å². The fraction of sp³-hybridized carbons (Fsp3) is 0.478. The van der Waals surface area contributed by atoms with Crippen molar-refractivity contribution in [1.29, 1.82) is 0 Å². The van der Waals surface area contributed by atoms with Gasteiger partial charge in [-0.2, -0.15) is 0 Å². The summed E-state index contributed by atoms with van der Waals surface area (Å²) in [5.74, 6) is -1.48. The summed E-state index contributed by atoms with van der Waals surface area (Å²) in [7, 11) is 0. The Balaban J connectivity index is 1.56. The zero-order valence-electron chi connectivity index (χ0n) is 18.5. The van der Waals surface area contributed by atoms with Crippen LogP contribution in [0.25, 0.3) is 0 Å². The molecular formula is C23H27NO9. The summed E-state index contributed by atoms with van der Waals surface area (Å²) in [6.45, 7) is 2.37. The Labute approximate surface area is 191 Å². The predicted octanol–water partition coefficient (Wildman–Crippen LogP) is 2.11. The number of carbonyl (C=O) groups is 4. The molecule has 0 aromatic heterocycles. The first-order valence-electron chi connectivity index (χ1n) is 10.6. The van der Waals surface area contributed by atoms with E-state index in [0.29, 0.717) is 6.42 Å². The van der Waals surface area contributed by atoms with Gasteiger partial charge in [-0.1, -0.05) is 36.4 Å². The monoisotopic (exact) mass is 461 g/mol. The van der Waals surface area contributed by atoms with Gasteiger partial charge in [-0.25, -0.2) is 9.59 Å². The van der Waals surface area contributed by atoms with Crippen LogP contribution in [0.2, 0.25) is 0 Å². The second kappa shape index (κ2) is 11.5. The number of hydrogen-bond acceptors (Lipinski definition) is 9. The van der Waals surface area contributed by atoms with Gasteiger partial charge in [-0.15, -0.1) is 0 Å². The first-order valence-corrected chi connectivity index (χ1v) is 10.6. The molecule has 2 aliphatic rings. The second-order valence-electron chi connectivity index (χ2n) is 7.67. The molecule has 0 bridgehead atoms. The van der Waals surface area contributed by atoms with Crippen molar-refractivity contribution in [2.45, 2.75) is 57.6 Å². The van der Waals surface area contributed by atoms with E-state index in [4.69, 9.17) is 23.7 Å². The lowest BCUT2D eigenvalue weighted by Crippen LogP contribution is -2.42. The van der Waals surface area contributed by atoms with Crippen molar-refractivity contribution in [3.63, 3.8) is 0 Å². The van der Waals surface area contributed by atoms with Crippen LogP contribution in [-0.2, 0) is 44.7 Å². The van der Waals surface area contributed by atoms with Crippen LogP contribution in [-0.4, -0.2) is 66.6 Å². The summed E-state index contributed by atoms with van der Waals surface area (Å²) >= 11 is 0. The van der Waals surface area contributed by atoms with Crippen LogP contribution in [0.15, 0.2) is 42.5 Å². The maximum Gasteiger partial charge on any atom is 0.413 e. The highest BCUT2D eigenvalue weighted by molar-refractivity contribution is 5.83. The molecule has 0 unspecified atom stereocenters. The molecule has 10 heteroatoms. The normalized spacial score (nSPS) is 24.2. The van der Waals surface area contributed by atoms with Gasteiger partial charge in [0.2, 0.25) is 0 Å². The highest BCUT2D eigenvalue weighted by Crippen LogP contribution is 2.24. The summed E-state index contributed by atoms with van der Waals surface area (Å²) in [5.41, 5.74) is 0.829. The van der Waals surface area contributed by atoms with Crippen LogP contribution in [0, 0.1) is 0 Å². The van der Waals surface area contributed by atoms with E-state index in [0.717, 1.165) is 5.56 Å². The Hall–Kier alpha value is -3.40. The number of hydrogen-bond donors (Lipinski definition) is 0. The summed E-state index contributed by atoms with van der Waals surface area (Å²) in [4.78, 5) is 48.5. The molecule has 1 saturated heterocycles. The van der Waals surface area contributed by atoms with Crippen molar-refractivity contribution in [2.24, 2.45) is 0 Å². The van der Waals surface area contributed by atoms with E-state index in [2.05, 4.69) is 0 Å². The number of carbonyl (C=O) groups excluding carboxylic acids is 4. The minimum Gasteiger partial charge on any atom is -0.463 e. The van der Waals surface area contributed by atoms with Crippen LogP contribution >= 0.6 is 0 Å². The number of ether oxygens (including phenoxy) is 5. The number of amides is 1. The van der Waals surface area contributed by atoms with Crippen LogP contribution in [0.3, 0.4) is 0 Å². The average molecular weight is 461 g/mol. The molecule has 1 fully saturated rings.